The first-order chi connectivity index (χ1) is 12.1. The molecule has 6 heteroatoms. The summed E-state index contributed by atoms with van der Waals surface area (Å²) in [5.41, 5.74) is 1.75. The number of carbonyl (C=O) groups is 1. The highest BCUT2D eigenvalue weighted by Gasteiger charge is 2.11. The fourth-order valence-corrected chi connectivity index (χ4v) is 2.68. The molecule has 3 aromatic rings. The van der Waals surface area contributed by atoms with Gasteiger partial charge < -0.3 is 10.1 Å². The molecule has 0 aliphatic rings. The van der Waals surface area contributed by atoms with Crippen LogP contribution in [0.15, 0.2) is 53.3 Å². The van der Waals surface area contributed by atoms with E-state index in [0.29, 0.717) is 41.1 Å². The number of ether oxygens (including phenoxy) is 1. The number of carbonyl (C=O) groups excluding carboxylic acids is 1. The molecule has 1 amide bonds. The van der Waals surface area contributed by atoms with Crippen LogP contribution in [0.3, 0.4) is 0 Å². The quantitative estimate of drug-likeness (QED) is 0.724. The second-order valence-corrected chi connectivity index (χ2v) is 5.61. The summed E-state index contributed by atoms with van der Waals surface area (Å²) in [5, 5.41) is 3.33. The molecule has 2 aromatic carbocycles. The number of rotatable bonds is 5. The molecule has 0 saturated carbocycles. The van der Waals surface area contributed by atoms with Crippen molar-refractivity contribution in [1.82, 2.24) is 14.9 Å². The van der Waals surface area contributed by atoms with Gasteiger partial charge in [0, 0.05) is 19.2 Å². The van der Waals surface area contributed by atoms with E-state index in [2.05, 4.69) is 10.3 Å². The van der Waals surface area contributed by atoms with Crippen LogP contribution in [0.1, 0.15) is 16.2 Å². The summed E-state index contributed by atoms with van der Waals surface area (Å²) in [7, 11) is 1.58. The third-order valence-corrected chi connectivity index (χ3v) is 3.92. The Kier molecular flexibility index (Phi) is 4.90. The summed E-state index contributed by atoms with van der Waals surface area (Å²) in [4.78, 5) is 29.3. The van der Waals surface area contributed by atoms with Crippen molar-refractivity contribution in [3.05, 3.63) is 70.3 Å². The second-order valence-electron chi connectivity index (χ2n) is 5.61. The van der Waals surface area contributed by atoms with E-state index in [4.69, 9.17) is 4.74 Å². The van der Waals surface area contributed by atoms with Gasteiger partial charge in [0.25, 0.3) is 11.5 Å². The minimum Gasteiger partial charge on any atom is -0.383 e. The predicted molar refractivity (Wildman–Crippen MR) is 96.3 cm³/mol. The third-order valence-electron chi connectivity index (χ3n) is 3.92. The zero-order valence-corrected chi connectivity index (χ0v) is 14.2. The third kappa shape index (κ3) is 3.44. The number of aromatic nitrogens is 2. The second kappa shape index (κ2) is 7.27. The molecule has 6 nitrogen and oxygen atoms in total. The van der Waals surface area contributed by atoms with E-state index < -0.39 is 0 Å². The van der Waals surface area contributed by atoms with E-state index in [9.17, 15) is 9.59 Å². The van der Waals surface area contributed by atoms with E-state index >= 15 is 0 Å². The summed E-state index contributed by atoms with van der Waals surface area (Å²) < 4.78 is 6.46. The first-order valence-corrected chi connectivity index (χ1v) is 7.98. The summed E-state index contributed by atoms with van der Waals surface area (Å²) in [6.07, 6.45) is 0. The Morgan fingerprint density at radius 2 is 1.88 bits per heavy atom. The minimum absolute atomic E-state index is 0.125. The normalized spacial score (nSPS) is 10.8. The lowest BCUT2D eigenvalue weighted by Gasteiger charge is -2.11. The average molecular weight is 337 g/mol. The van der Waals surface area contributed by atoms with Gasteiger partial charge in [-0.2, -0.15) is 0 Å². The van der Waals surface area contributed by atoms with Crippen LogP contribution in [-0.4, -0.2) is 35.7 Å². The van der Waals surface area contributed by atoms with Gasteiger partial charge in [0.15, 0.2) is 0 Å². The van der Waals surface area contributed by atoms with Crippen molar-refractivity contribution in [2.75, 3.05) is 20.3 Å². The average Bonchev–Trinajstić information content (AvgIpc) is 2.62. The summed E-state index contributed by atoms with van der Waals surface area (Å²) >= 11 is 0. The number of hydrogen-bond donors (Lipinski definition) is 1. The maximum absolute atomic E-state index is 12.8. The highest BCUT2D eigenvalue weighted by atomic mass is 16.5. The molecule has 0 saturated heterocycles. The van der Waals surface area contributed by atoms with Crippen molar-refractivity contribution in [2.45, 2.75) is 6.92 Å². The van der Waals surface area contributed by atoms with Crippen LogP contribution in [0.2, 0.25) is 0 Å². The molecule has 0 aliphatic heterocycles. The number of methoxy groups -OCH3 is 1. The van der Waals surface area contributed by atoms with Crippen LogP contribution < -0.4 is 10.9 Å². The Labute approximate surface area is 145 Å². The highest BCUT2D eigenvalue weighted by Crippen LogP contribution is 2.13. The number of fused-ring (bicyclic) bond motifs is 1. The number of nitrogens with zero attached hydrogens (tertiary/aromatic N) is 2. The molecule has 0 spiro atoms. The molecular formula is C19H19N3O3. The number of benzene rings is 2. The maximum Gasteiger partial charge on any atom is 0.265 e. The molecular weight excluding hydrogens is 318 g/mol. The topological polar surface area (TPSA) is 73.2 Å². The molecule has 0 bridgehead atoms. The van der Waals surface area contributed by atoms with E-state index in [0.717, 1.165) is 0 Å². The number of para-hydroxylation sites is 1. The molecule has 0 atom stereocenters. The summed E-state index contributed by atoms with van der Waals surface area (Å²) in [5.74, 6) is 0.422. The maximum atomic E-state index is 12.8. The fourth-order valence-electron chi connectivity index (χ4n) is 2.68. The Bertz CT molecular complexity index is 962. The lowest BCUT2D eigenvalue weighted by molar-refractivity contribution is 0.0937. The Balaban J connectivity index is 1.94. The number of nitrogens with one attached hydrogen (secondary N) is 1. The van der Waals surface area contributed by atoms with Gasteiger partial charge in [-0.05, 0) is 43.3 Å². The molecule has 25 heavy (non-hydrogen) atoms. The molecule has 3 rings (SSSR count). The van der Waals surface area contributed by atoms with Crippen molar-refractivity contribution in [3.8, 4) is 5.69 Å². The van der Waals surface area contributed by atoms with Crippen molar-refractivity contribution in [3.63, 3.8) is 0 Å². The predicted octanol–water partition coefficient (Wildman–Crippen LogP) is 2.07. The van der Waals surface area contributed by atoms with E-state index in [1.807, 2.05) is 18.2 Å². The van der Waals surface area contributed by atoms with Crippen molar-refractivity contribution >= 4 is 16.8 Å². The molecule has 1 N–H and O–H groups in total. The van der Waals surface area contributed by atoms with Crippen LogP contribution in [-0.2, 0) is 4.74 Å². The minimum atomic E-state index is -0.177. The van der Waals surface area contributed by atoms with Crippen molar-refractivity contribution in [1.29, 1.82) is 0 Å². The lowest BCUT2D eigenvalue weighted by atomic mass is 10.2. The van der Waals surface area contributed by atoms with E-state index in [1.165, 1.54) is 0 Å². The molecule has 1 aromatic heterocycles. The zero-order chi connectivity index (χ0) is 17.8. The molecule has 0 fully saturated rings. The van der Waals surface area contributed by atoms with Gasteiger partial charge in [-0.25, -0.2) is 4.98 Å². The van der Waals surface area contributed by atoms with Gasteiger partial charge in [-0.1, -0.05) is 12.1 Å². The fraction of sp³-hybridized carbons (Fsp3) is 0.211. The number of aryl methyl sites for hydroxylation is 1. The lowest BCUT2D eigenvalue weighted by Crippen LogP contribution is -2.27. The highest BCUT2D eigenvalue weighted by molar-refractivity contribution is 5.94. The molecule has 0 unspecified atom stereocenters. The van der Waals surface area contributed by atoms with Crippen LogP contribution in [0.5, 0.6) is 0 Å². The molecule has 1 heterocycles. The number of amides is 1. The van der Waals surface area contributed by atoms with E-state index in [-0.39, 0.29) is 11.5 Å². The Hall–Kier alpha value is -2.99. The largest absolute Gasteiger partial charge is 0.383 e. The molecule has 0 aliphatic carbocycles. The van der Waals surface area contributed by atoms with Gasteiger partial charge >= 0.3 is 0 Å². The monoisotopic (exact) mass is 337 g/mol. The zero-order valence-electron chi connectivity index (χ0n) is 14.2. The van der Waals surface area contributed by atoms with Crippen molar-refractivity contribution in [2.24, 2.45) is 0 Å². The van der Waals surface area contributed by atoms with Crippen LogP contribution >= 0.6 is 0 Å². The first-order valence-electron chi connectivity index (χ1n) is 7.98. The van der Waals surface area contributed by atoms with Gasteiger partial charge in [0.05, 0.1) is 23.2 Å². The summed E-state index contributed by atoms with van der Waals surface area (Å²) in [6, 6.07) is 14.1. The SMILES string of the molecule is COCCNC(=O)c1ccc(-n2c(C)nc3ccccc3c2=O)cc1. The molecule has 128 valence electrons. The van der Waals surface area contributed by atoms with Gasteiger partial charge in [-0.3, -0.25) is 14.2 Å². The van der Waals surface area contributed by atoms with E-state index in [1.54, 1.807) is 48.9 Å². The van der Waals surface area contributed by atoms with Crippen molar-refractivity contribution < 1.29 is 9.53 Å². The molecule has 0 radical (unpaired) electrons. The Morgan fingerprint density at radius 1 is 1.16 bits per heavy atom. The van der Waals surface area contributed by atoms with Crippen LogP contribution in [0.25, 0.3) is 16.6 Å². The summed E-state index contributed by atoms with van der Waals surface area (Å²) in [6.45, 7) is 2.70. The van der Waals surface area contributed by atoms with Crippen LogP contribution in [0, 0.1) is 6.92 Å². The number of hydrogen-bond acceptors (Lipinski definition) is 4. The Morgan fingerprint density at radius 3 is 2.60 bits per heavy atom. The van der Waals surface area contributed by atoms with Gasteiger partial charge in [0.1, 0.15) is 5.82 Å². The smallest absolute Gasteiger partial charge is 0.265 e. The van der Waals surface area contributed by atoms with Crippen LogP contribution in [0.4, 0.5) is 0 Å². The standard InChI is InChI=1S/C19H19N3O3/c1-13-21-17-6-4-3-5-16(17)19(24)22(13)15-9-7-14(8-10-15)18(23)20-11-12-25-2/h3-10H,11-12H2,1-2H3,(H,20,23). The van der Waals surface area contributed by atoms with Gasteiger partial charge in [0.2, 0.25) is 0 Å². The first kappa shape index (κ1) is 16.9. The van der Waals surface area contributed by atoms with Gasteiger partial charge in [-0.15, -0.1) is 0 Å².